The number of ether oxygens (including phenoxy) is 3. The van der Waals surface area contributed by atoms with Gasteiger partial charge in [0.1, 0.15) is 5.75 Å². The van der Waals surface area contributed by atoms with E-state index in [4.69, 9.17) is 14.2 Å². The average molecular weight is 277 g/mol. The smallest absolute Gasteiger partial charge is 0.231 e. The van der Waals surface area contributed by atoms with Crippen LogP contribution in [0.2, 0.25) is 0 Å². The van der Waals surface area contributed by atoms with Gasteiger partial charge in [0.05, 0.1) is 6.61 Å². The summed E-state index contributed by atoms with van der Waals surface area (Å²) in [4.78, 5) is 0. The predicted octanol–water partition coefficient (Wildman–Crippen LogP) is 3.09. The third kappa shape index (κ3) is 3.37. The standard InChI is InChI=1S/C16H23NO3/c1-11(2)5-6-18-14-8-16-15(19-10-20-16)7-12(14)9-17-13-3-4-13/h7-8,11,13,17H,3-6,9-10H2,1-2H3. The van der Waals surface area contributed by atoms with Gasteiger partial charge in [-0.1, -0.05) is 13.8 Å². The molecule has 0 spiro atoms. The van der Waals surface area contributed by atoms with Crippen LogP contribution in [0, 0.1) is 5.92 Å². The van der Waals surface area contributed by atoms with Crippen molar-refractivity contribution in [2.75, 3.05) is 13.4 Å². The Kier molecular flexibility index (Phi) is 4.01. The Bertz CT molecular complexity index is 469. The summed E-state index contributed by atoms with van der Waals surface area (Å²) in [6, 6.07) is 4.69. The monoisotopic (exact) mass is 277 g/mol. The van der Waals surface area contributed by atoms with Crippen LogP contribution in [0.3, 0.4) is 0 Å². The molecule has 20 heavy (non-hydrogen) atoms. The lowest BCUT2D eigenvalue weighted by molar-refractivity contribution is 0.173. The summed E-state index contributed by atoms with van der Waals surface area (Å²) in [6.45, 7) is 6.30. The number of hydrogen-bond donors (Lipinski definition) is 1. The second-order valence-electron chi connectivity index (χ2n) is 6.00. The highest BCUT2D eigenvalue weighted by molar-refractivity contribution is 5.51. The summed E-state index contributed by atoms with van der Waals surface area (Å²) in [5.74, 6) is 3.19. The number of benzene rings is 1. The van der Waals surface area contributed by atoms with E-state index in [1.54, 1.807) is 0 Å². The highest BCUT2D eigenvalue weighted by Crippen LogP contribution is 2.38. The normalized spacial score (nSPS) is 16.8. The van der Waals surface area contributed by atoms with Gasteiger partial charge < -0.3 is 19.5 Å². The van der Waals surface area contributed by atoms with Gasteiger partial charge >= 0.3 is 0 Å². The lowest BCUT2D eigenvalue weighted by atomic mass is 10.1. The van der Waals surface area contributed by atoms with E-state index >= 15 is 0 Å². The minimum absolute atomic E-state index is 0.306. The van der Waals surface area contributed by atoms with E-state index in [1.807, 2.05) is 12.1 Å². The maximum absolute atomic E-state index is 5.95. The van der Waals surface area contributed by atoms with Crippen molar-refractivity contribution in [2.45, 2.75) is 45.7 Å². The third-order valence-electron chi connectivity index (χ3n) is 3.67. The zero-order valence-electron chi connectivity index (χ0n) is 12.3. The average Bonchev–Trinajstić information content (AvgIpc) is 3.13. The molecule has 1 fully saturated rings. The van der Waals surface area contributed by atoms with E-state index in [2.05, 4.69) is 19.2 Å². The van der Waals surface area contributed by atoms with Crippen LogP contribution in [0.4, 0.5) is 0 Å². The molecule has 1 aromatic carbocycles. The molecular weight excluding hydrogens is 254 g/mol. The van der Waals surface area contributed by atoms with Crippen molar-refractivity contribution < 1.29 is 14.2 Å². The van der Waals surface area contributed by atoms with E-state index < -0.39 is 0 Å². The second kappa shape index (κ2) is 5.92. The number of rotatable bonds is 7. The topological polar surface area (TPSA) is 39.7 Å². The molecule has 1 aliphatic carbocycles. The molecule has 0 aromatic heterocycles. The predicted molar refractivity (Wildman–Crippen MR) is 77.4 cm³/mol. The van der Waals surface area contributed by atoms with Crippen molar-refractivity contribution in [1.29, 1.82) is 0 Å². The first kappa shape index (κ1) is 13.6. The molecule has 3 rings (SSSR count). The fraction of sp³-hybridized carbons (Fsp3) is 0.625. The van der Waals surface area contributed by atoms with Crippen LogP contribution in [0.25, 0.3) is 0 Å². The van der Waals surface area contributed by atoms with E-state index in [0.717, 1.165) is 42.4 Å². The van der Waals surface area contributed by atoms with E-state index in [0.29, 0.717) is 18.8 Å². The molecular formula is C16H23NO3. The van der Waals surface area contributed by atoms with Gasteiger partial charge in [0.25, 0.3) is 0 Å². The molecule has 0 amide bonds. The fourth-order valence-electron chi connectivity index (χ4n) is 2.18. The Morgan fingerprint density at radius 2 is 2.00 bits per heavy atom. The van der Waals surface area contributed by atoms with Gasteiger partial charge in [-0.05, 0) is 31.2 Å². The second-order valence-corrected chi connectivity index (χ2v) is 6.00. The van der Waals surface area contributed by atoms with Crippen LogP contribution >= 0.6 is 0 Å². The quantitative estimate of drug-likeness (QED) is 0.831. The number of nitrogens with one attached hydrogen (secondary N) is 1. The molecule has 0 unspecified atom stereocenters. The summed E-state index contributed by atoms with van der Waals surface area (Å²) in [5.41, 5.74) is 1.16. The largest absolute Gasteiger partial charge is 0.493 e. The van der Waals surface area contributed by atoms with Crippen molar-refractivity contribution in [2.24, 2.45) is 5.92 Å². The first-order chi connectivity index (χ1) is 9.72. The first-order valence-corrected chi connectivity index (χ1v) is 7.51. The Hall–Kier alpha value is -1.42. The fourth-order valence-corrected chi connectivity index (χ4v) is 2.18. The molecule has 1 heterocycles. The Morgan fingerprint density at radius 3 is 2.70 bits per heavy atom. The van der Waals surface area contributed by atoms with Crippen LogP contribution in [0.1, 0.15) is 38.7 Å². The van der Waals surface area contributed by atoms with Gasteiger partial charge in [0.15, 0.2) is 11.5 Å². The summed E-state index contributed by atoms with van der Waals surface area (Å²) in [6.07, 6.45) is 3.63. The van der Waals surface area contributed by atoms with E-state index in [-0.39, 0.29) is 0 Å². The van der Waals surface area contributed by atoms with Crippen LogP contribution in [0.5, 0.6) is 17.2 Å². The van der Waals surface area contributed by atoms with Crippen LogP contribution in [0.15, 0.2) is 12.1 Å². The molecule has 4 nitrogen and oxygen atoms in total. The summed E-state index contributed by atoms with van der Waals surface area (Å²) < 4.78 is 16.8. The summed E-state index contributed by atoms with van der Waals surface area (Å²) >= 11 is 0. The molecule has 1 saturated carbocycles. The summed E-state index contributed by atoms with van der Waals surface area (Å²) in [7, 11) is 0. The van der Waals surface area contributed by atoms with E-state index in [1.165, 1.54) is 12.8 Å². The van der Waals surface area contributed by atoms with Crippen molar-refractivity contribution in [1.82, 2.24) is 5.32 Å². The van der Waals surface area contributed by atoms with Gasteiger partial charge in [0, 0.05) is 24.2 Å². The SMILES string of the molecule is CC(C)CCOc1cc2c(cc1CNC1CC1)OCO2. The number of hydrogen-bond acceptors (Lipinski definition) is 4. The third-order valence-corrected chi connectivity index (χ3v) is 3.67. The Labute approximate surface area is 120 Å². The molecule has 2 aliphatic rings. The lowest BCUT2D eigenvalue weighted by Crippen LogP contribution is -2.16. The maximum Gasteiger partial charge on any atom is 0.231 e. The van der Waals surface area contributed by atoms with Crippen LogP contribution < -0.4 is 19.5 Å². The molecule has 0 atom stereocenters. The van der Waals surface area contributed by atoms with Crippen LogP contribution in [-0.4, -0.2) is 19.4 Å². The minimum Gasteiger partial charge on any atom is -0.493 e. The lowest BCUT2D eigenvalue weighted by Gasteiger charge is -2.14. The summed E-state index contributed by atoms with van der Waals surface area (Å²) in [5, 5.41) is 3.53. The minimum atomic E-state index is 0.306. The highest BCUT2D eigenvalue weighted by Gasteiger charge is 2.22. The molecule has 0 radical (unpaired) electrons. The molecule has 4 heteroatoms. The van der Waals surface area contributed by atoms with Gasteiger partial charge in [-0.2, -0.15) is 0 Å². The molecule has 0 bridgehead atoms. The molecule has 1 aliphatic heterocycles. The van der Waals surface area contributed by atoms with Crippen LogP contribution in [-0.2, 0) is 6.54 Å². The number of fused-ring (bicyclic) bond motifs is 1. The van der Waals surface area contributed by atoms with Gasteiger partial charge in [0.2, 0.25) is 6.79 Å². The zero-order valence-corrected chi connectivity index (χ0v) is 12.3. The van der Waals surface area contributed by atoms with Crippen molar-refractivity contribution in [3.63, 3.8) is 0 Å². The highest BCUT2D eigenvalue weighted by atomic mass is 16.7. The molecule has 0 saturated heterocycles. The Balaban J connectivity index is 1.70. The van der Waals surface area contributed by atoms with Gasteiger partial charge in [-0.25, -0.2) is 0 Å². The Morgan fingerprint density at radius 1 is 1.25 bits per heavy atom. The first-order valence-electron chi connectivity index (χ1n) is 7.51. The molecule has 1 N–H and O–H groups in total. The van der Waals surface area contributed by atoms with E-state index in [9.17, 15) is 0 Å². The molecule has 1 aromatic rings. The molecule has 110 valence electrons. The van der Waals surface area contributed by atoms with Crippen molar-refractivity contribution >= 4 is 0 Å². The maximum atomic E-state index is 5.95. The van der Waals surface area contributed by atoms with Gasteiger partial charge in [-0.3, -0.25) is 0 Å². The van der Waals surface area contributed by atoms with Gasteiger partial charge in [-0.15, -0.1) is 0 Å². The van der Waals surface area contributed by atoms with Crippen molar-refractivity contribution in [3.8, 4) is 17.2 Å². The van der Waals surface area contributed by atoms with Crippen molar-refractivity contribution in [3.05, 3.63) is 17.7 Å². The zero-order chi connectivity index (χ0) is 13.9.